The lowest BCUT2D eigenvalue weighted by atomic mass is 10.1. The largest absolute Gasteiger partial charge is 0.309 e. The number of rotatable bonds is 1. The van der Waals surface area contributed by atoms with Gasteiger partial charge in [-0.15, -0.1) is 0 Å². The van der Waals surface area contributed by atoms with Crippen molar-refractivity contribution in [2.24, 2.45) is 5.73 Å². The second-order valence-corrected chi connectivity index (χ2v) is 2.38. The summed E-state index contributed by atoms with van der Waals surface area (Å²) in [4.78, 5) is 9.90. The van der Waals surface area contributed by atoms with Crippen molar-refractivity contribution in [2.75, 3.05) is 0 Å². The standard InChI is InChI=1S/C4H10N4O2/c1-2-3(8(9)10)4(5)7-6-2/h2-4,6-7H,5H2,1H3. The van der Waals surface area contributed by atoms with Gasteiger partial charge in [0.15, 0.2) is 0 Å². The molecule has 1 rings (SSSR count). The smallest absolute Gasteiger partial charge is 0.258 e. The fraction of sp³-hybridized carbons (Fsp3) is 1.00. The number of nitrogens with zero attached hydrogens (tertiary/aromatic N) is 1. The third-order valence-corrected chi connectivity index (χ3v) is 1.60. The average molecular weight is 146 g/mol. The highest BCUT2D eigenvalue weighted by molar-refractivity contribution is 4.84. The molecule has 6 heteroatoms. The Bertz CT molecular complexity index is 140. The van der Waals surface area contributed by atoms with Crippen LogP contribution in [0.5, 0.6) is 0 Å². The van der Waals surface area contributed by atoms with E-state index in [0.717, 1.165) is 0 Å². The van der Waals surface area contributed by atoms with Crippen LogP contribution in [0, 0.1) is 10.1 Å². The van der Waals surface area contributed by atoms with Crippen LogP contribution in [0.3, 0.4) is 0 Å². The Morgan fingerprint density at radius 2 is 2.20 bits per heavy atom. The van der Waals surface area contributed by atoms with Gasteiger partial charge in [-0.05, 0) is 6.92 Å². The maximum atomic E-state index is 10.3. The van der Waals surface area contributed by atoms with Crippen LogP contribution in [0.15, 0.2) is 0 Å². The van der Waals surface area contributed by atoms with Crippen molar-refractivity contribution in [1.82, 2.24) is 10.9 Å². The lowest BCUT2D eigenvalue weighted by molar-refractivity contribution is -0.525. The van der Waals surface area contributed by atoms with Crippen molar-refractivity contribution in [3.05, 3.63) is 10.1 Å². The first kappa shape index (κ1) is 7.39. The second-order valence-electron chi connectivity index (χ2n) is 2.38. The summed E-state index contributed by atoms with van der Waals surface area (Å²) < 4.78 is 0. The van der Waals surface area contributed by atoms with E-state index in [0.29, 0.717) is 0 Å². The Hall–Kier alpha value is -0.720. The molecule has 0 aromatic carbocycles. The van der Waals surface area contributed by atoms with E-state index in [1.165, 1.54) is 0 Å². The zero-order valence-corrected chi connectivity index (χ0v) is 5.57. The van der Waals surface area contributed by atoms with Crippen LogP contribution in [0.1, 0.15) is 6.92 Å². The quantitative estimate of drug-likeness (QED) is 0.306. The topological polar surface area (TPSA) is 93.2 Å². The highest BCUT2D eigenvalue weighted by Gasteiger charge is 2.39. The van der Waals surface area contributed by atoms with Gasteiger partial charge in [-0.3, -0.25) is 10.1 Å². The predicted octanol–water partition coefficient (Wildman–Crippen LogP) is -1.59. The molecule has 0 bridgehead atoms. The molecule has 58 valence electrons. The van der Waals surface area contributed by atoms with Gasteiger partial charge in [0.05, 0.1) is 6.04 Å². The molecular weight excluding hydrogens is 136 g/mol. The van der Waals surface area contributed by atoms with Crippen LogP contribution in [0.4, 0.5) is 0 Å². The summed E-state index contributed by atoms with van der Waals surface area (Å²) in [5.74, 6) is 0. The second kappa shape index (κ2) is 2.49. The molecule has 0 spiro atoms. The minimum Gasteiger partial charge on any atom is -0.309 e. The van der Waals surface area contributed by atoms with E-state index in [4.69, 9.17) is 5.73 Å². The number of hydrogen-bond acceptors (Lipinski definition) is 5. The molecule has 6 nitrogen and oxygen atoms in total. The molecule has 4 N–H and O–H groups in total. The van der Waals surface area contributed by atoms with Crippen LogP contribution in [-0.2, 0) is 0 Å². The minimum absolute atomic E-state index is 0.204. The predicted molar refractivity (Wildman–Crippen MR) is 34.5 cm³/mol. The highest BCUT2D eigenvalue weighted by Crippen LogP contribution is 2.04. The van der Waals surface area contributed by atoms with Crippen LogP contribution >= 0.6 is 0 Å². The number of nitrogens with two attached hydrogens (primary N) is 1. The fourth-order valence-corrected chi connectivity index (χ4v) is 1.02. The van der Waals surface area contributed by atoms with Gasteiger partial charge in [-0.1, -0.05) is 0 Å². The van der Waals surface area contributed by atoms with E-state index in [1.54, 1.807) is 6.92 Å². The Morgan fingerprint density at radius 3 is 2.40 bits per heavy atom. The van der Waals surface area contributed by atoms with E-state index in [1.807, 2.05) is 0 Å². The molecule has 1 aliphatic rings. The van der Waals surface area contributed by atoms with Crippen molar-refractivity contribution in [3.8, 4) is 0 Å². The summed E-state index contributed by atoms with van der Waals surface area (Å²) >= 11 is 0. The Morgan fingerprint density at radius 1 is 1.60 bits per heavy atom. The summed E-state index contributed by atoms with van der Waals surface area (Å²) in [6, 6.07) is -0.926. The van der Waals surface area contributed by atoms with Gasteiger partial charge in [-0.2, -0.15) is 0 Å². The van der Waals surface area contributed by atoms with Gasteiger partial charge in [-0.25, -0.2) is 10.9 Å². The van der Waals surface area contributed by atoms with Crippen LogP contribution in [0.25, 0.3) is 0 Å². The van der Waals surface area contributed by atoms with Crippen LogP contribution < -0.4 is 16.6 Å². The van der Waals surface area contributed by atoms with Gasteiger partial charge in [0.1, 0.15) is 6.17 Å². The van der Waals surface area contributed by atoms with E-state index >= 15 is 0 Å². The Labute approximate surface area is 57.9 Å². The minimum atomic E-state index is -0.722. The lowest BCUT2D eigenvalue weighted by Gasteiger charge is -2.07. The summed E-state index contributed by atoms with van der Waals surface area (Å²) in [7, 11) is 0. The van der Waals surface area contributed by atoms with Gasteiger partial charge in [0, 0.05) is 4.92 Å². The van der Waals surface area contributed by atoms with Crippen molar-refractivity contribution in [2.45, 2.75) is 25.2 Å². The first-order valence-corrected chi connectivity index (χ1v) is 3.03. The van der Waals surface area contributed by atoms with E-state index in [2.05, 4.69) is 10.9 Å². The fourth-order valence-electron chi connectivity index (χ4n) is 1.02. The monoisotopic (exact) mass is 146 g/mol. The molecule has 1 saturated heterocycles. The SMILES string of the molecule is CC1NNC(N)C1[N+](=O)[O-]. The van der Waals surface area contributed by atoms with Gasteiger partial charge < -0.3 is 5.73 Å². The molecule has 10 heavy (non-hydrogen) atoms. The lowest BCUT2D eigenvalue weighted by Crippen LogP contribution is -2.45. The van der Waals surface area contributed by atoms with Crippen molar-refractivity contribution >= 4 is 0 Å². The summed E-state index contributed by atoms with van der Waals surface area (Å²) in [5.41, 5.74) is 10.6. The van der Waals surface area contributed by atoms with Crippen LogP contribution in [-0.4, -0.2) is 23.2 Å². The van der Waals surface area contributed by atoms with E-state index in [9.17, 15) is 10.1 Å². The zero-order valence-electron chi connectivity index (χ0n) is 5.57. The molecule has 0 aromatic rings. The molecule has 1 aliphatic heterocycles. The van der Waals surface area contributed by atoms with Gasteiger partial charge in [0.25, 0.3) is 6.04 Å². The Balaban J connectivity index is 2.63. The Kier molecular flexibility index (Phi) is 1.84. The normalized spacial score (nSPS) is 40.0. The molecule has 1 fully saturated rings. The molecule has 3 unspecified atom stereocenters. The zero-order chi connectivity index (χ0) is 7.72. The number of hydrazine groups is 1. The van der Waals surface area contributed by atoms with Crippen molar-refractivity contribution in [3.63, 3.8) is 0 Å². The third kappa shape index (κ3) is 1.08. The van der Waals surface area contributed by atoms with E-state index in [-0.39, 0.29) is 11.0 Å². The summed E-state index contributed by atoms with van der Waals surface area (Å²) in [5, 5.41) is 10.3. The molecule has 0 amide bonds. The summed E-state index contributed by atoms with van der Waals surface area (Å²) in [6.45, 7) is 1.72. The highest BCUT2D eigenvalue weighted by atomic mass is 16.6. The van der Waals surface area contributed by atoms with Crippen molar-refractivity contribution < 1.29 is 4.92 Å². The number of hydrogen-bond donors (Lipinski definition) is 3. The van der Waals surface area contributed by atoms with Crippen molar-refractivity contribution in [1.29, 1.82) is 0 Å². The molecule has 0 saturated carbocycles. The number of nitro groups is 1. The third-order valence-electron chi connectivity index (χ3n) is 1.60. The summed E-state index contributed by atoms with van der Waals surface area (Å²) in [6.07, 6.45) is -0.579. The first-order valence-electron chi connectivity index (χ1n) is 3.03. The maximum Gasteiger partial charge on any atom is 0.258 e. The van der Waals surface area contributed by atoms with Gasteiger partial charge in [0.2, 0.25) is 0 Å². The van der Waals surface area contributed by atoms with Crippen LogP contribution in [0.2, 0.25) is 0 Å². The maximum absolute atomic E-state index is 10.3. The van der Waals surface area contributed by atoms with Gasteiger partial charge >= 0.3 is 0 Å². The first-order chi connectivity index (χ1) is 4.63. The number of nitrogens with one attached hydrogen (secondary N) is 2. The molecule has 0 radical (unpaired) electrons. The van der Waals surface area contributed by atoms with E-state index < -0.39 is 12.2 Å². The molecule has 0 aliphatic carbocycles. The molecule has 3 atom stereocenters. The molecular formula is C4H10N4O2. The average Bonchev–Trinajstić information content (AvgIpc) is 2.11. The molecule has 0 aromatic heterocycles. The molecule has 1 heterocycles.